The van der Waals surface area contributed by atoms with Crippen molar-refractivity contribution in [2.24, 2.45) is 11.7 Å². The van der Waals surface area contributed by atoms with Crippen molar-refractivity contribution < 1.29 is 4.74 Å². The number of fused-ring (bicyclic) bond motifs is 1. The van der Waals surface area contributed by atoms with Gasteiger partial charge in [0, 0.05) is 6.04 Å². The molecule has 0 heterocycles. The third-order valence-electron chi connectivity index (χ3n) is 3.06. The number of nitrogens with two attached hydrogens (primary N) is 1. The summed E-state index contributed by atoms with van der Waals surface area (Å²) >= 11 is 0. The van der Waals surface area contributed by atoms with Crippen molar-refractivity contribution in [2.75, 3.05) is 6.61 Å². The van der Waals surface area contributed by atoms with E-state index in [1.807, 2.05) is 0 Å². The molecule has 1 aliphatic rings. The van der Waals surface area contributed by atoms with E-state index < -0.39 is 0 Å². The molecule has 16 heavy (non-hydrogen) atoms. The molecule has 88 valence electrons. The topological polar surface area (TPSA) is 35.2 Å². The van der Waals surface area contributed by atoms with Crippen molar-refractivity contribution in [3.63, 3.8) is 0 Å². The van der Waals surface area contributed by atoms with Gasteiger partial charge in [-0.3, -0.25) is 0 Å². The van der Waals surface area contributed by atoms with Crippen LogP contribution in [0.25, 0.3) is 0 Å². The predicted octanol–water partition coefficient (Wildman–Crippen LogP) is 3.06. The Balaban J connectivity index is 2.14. The molecule has 1 aromatic rings. The molecular formula is C14H21NO. The fourth-order valence-electron chi connectivity index (χ4n) is 2.17. The quantitative estimate of drug-likeness (QED) is 0.848. The molecule has 0 bridgehead atoms. The van der Waals surface area contributed by atoms with E-state index in [4.69, 9.17) is 10.5 Å². The summed E-state index contributed by atoms with van der Waals surface area (Å²) in [5.41, 5.74) is 8.80. The molecule has 0 aliphatic heterocycles. The fourth-order valence-corrected chi connectivity index (χ4v) is 2.17. The summed E-state index contributed by atoms with van der Waals surface area (Å²) in [6.07, 6.45) is 3.47. The molecule has 2 rings (SSSR count). The van der Waals surface area contributed by atoms with Crippen LogP contribution >= 0.6 is 0 Å². The number of hydrogen-bond acceptors (Lipinski definition) is 2. The van der Waals surface area contributed by atoms with Crippen LogP contribution < -0.4 is 10.5 Å². The number of hydrogen-bond donors (Lipinski definition) is 1. The molecule has 0 fully saturated rings. The summed E-state index contributed by atoms with van der Waals surface area (Å²) in [5, 5.41) is 0. The number of ether oxygens (including phenoxy) is 1. The second kappa shape index (κ2) is 4.88. The van der Waals surface area contributed by atoms with Crippen LogP contribution in [0.2, 0.25) is 0 Å². The average Bonchev–Trinajstić information content (AvgIpc) is 2.27. The third-order valence-corrected chi connectivity index (χ3v) is 3.06. The maximum Gasteiger partial charge on any atom is 0.119 e. The standard InChI is InChI=1S/C14H21NO/c1-10(2)9-16-12-7-6-11-4-3-5-14(15)13(11)8-12/h6-8,10,14H,3-5,9,15H2,1-2H3/t14-/m0/s1. The molecule has 0 aromatic heterocycles. The molecule has 0 saturated heterocycles. The highest BCUT2D eigenvalue weighted by atomic mass is 16.5. The Morgan fingerprint density at radius 1 is 1.44 bits per heavy atom. The van der Waals surface area contributed by atoms with Gasteiger partial charge >= 0.3 is 0 Å². The first kappa shape index (κ1) is 11.5. The highest BCUT2D eigenvalue weighted by molar-refractivity contribution is 5.39. The van der Waals surface area contributed by atoms with Crippen molar-refractivity contribution in [3.8, 4) is 5.75 Å². The molecule has 1 aromatic carbocycles. The summed E-state index contributed by atoms with van der Waals surface area (Å²) in [7, 11) is 0. The first-order valence-electron chi connectivity index (χ1n) is 6.18. The second-order valence-corrected chi connectivity index (χ2v) is 5.06. The largest absolute Gasteiger partial charge is 0.493 e. The van der Waals surface area contributed by atoms with Crippen molar-refractivity contribution >= 4 is 0 Å². The van der Waals surface area contributed by atoms with Gasteiger partial charge in [-0.2, -0.15) is 0 Å². The molecule has 0 unspecified atom stereocenters. The molecule has 0 amide bonds. The maximum absolute atomic E-state index is 6.12. The van der Waals surface area contributed by atoms with E-state index in [0.717, 1.165) is 25.2 Å². The summed E-state index contributed by atoms with van der Waals surface area (Å²) in [5.74, 6) is 1.52. The van der Waals surface area contributed by atoms with E-state index in [-0.39, 0.29) is 6.04 Å². The SMILES string of the molecule is CC(C)COc1ccc2c(c1)[C@@H](N)CCC2. The van der Waals surface area contributed by atoms with E-state index in [2.05, 4.69) is 32.0 Å². The molecule has 2 N–H and O–H groups in total. The lowest BCUT2D eigenvalue weighted by molar-refractivity contribution is 0.270. The zero-order valence-electron chi connectivity index (χ0n) is 10.2. The van der Waals surface area contributed by atoms with Gasteiger partial charge in [-0.05, 0) is 48.4 Å². The van der Waals surface area contributed by atoms with Crippen molar-refractivity contribution in [3.05, 3.63) is 29.3 Å². The van der Waals surface area contributed by atoms with Crippen LogP contribution in [0.1, 0.15) is 43.9 Å². The predicted molar refractivity (Wildman–Crippen MR) is 66.6 cm³/mol. The van der Waals surface area contributed by atoms with Crippen LogP contribution in [0, 0.1) is 5.92 Å². The maximum atomic E-state index is 6.12. The van der Waals surface area contributed by atoms with Crippen LogP contribution in [0.3, 0.4) is 0 Å². The summed E-state index contributed by atoms with van der Waals surface area (Å²) < 4.78 is 5.73. The van der Waals surface area contributed by atoms with Crippen molar-refractivity contribution in [2.45, 2.75) is 39.2 Å². The van der Waals surface area contributed by atoms with Gasteiger partial charge < -0.3 is 10.5 Å². The average molecular weight is 219 g/mol. The molecule has 2 nitrogen and oxygen atoms in total. The van der Waals surface area contributed by atoms with E-state index in [1.165, 1.54) is 17.5 Å². The minimum Gasteiger partial charge on any atom is -0.493 e. The minimum absolute atomic E-state index is 0.200. The zero-order chi connectivity index (χ0) is 11.5. The molecule has 0 radical (unpaired) electrons. The van der Waals surface area contributed by atoms with Gasteiger partial charge in [-0.25, -0.2) is 0 Å². The molecule has 0 spiro atoms. The Bertz CT molecular complexity index is 360. The van der Waals surface area contributed by atoms with Gasteiger partial charge in [0.05, 0.1) is 6.61 Å². The first-order chi connectivity index (χ1) is 7.66. The van der Waals surface area contributed by atoms with E-state index in [1.54, 1.807) is 0 Å². The molecular weight excluding hydrogens is 198 g/mol. The van der Waals surface area contributed by atoms with Gasteiger partial charge in [-0.1, -0.05) is 19.9 Å². The Kier molecular flexibility index (Phi) is 3.49. The number of benzene rings is 1. The van der Waals surface area contributed by atoms with Crippen LogP contribution in [0.15, 0.2) is 18.2 Å². The highest BCUT2D eigenvalue weighted by Gasteiger charge is 2.17. The Morgan fingerprint density at radius 3 is 3.00 bits per heavy atom. The lowest BCUT2D eigenvalue weighted by Gasteiger charge is -2.23. The first-order valence-corrected chi connectivity index (χ1v) is 6.18. The summed E-state index contributed by atoms with van der Waals surface area (Å²) in [4.78, 5) is 0. The second-order valence-electron chi connectivity index (χ2n) is 5.06. The van der Waals surface area contributed by atoms with Gasteiger partial charge in [-0.15, -0.1) is 0 Å². The number of rotatable bonds is 3. The zero-order valence-corrected chi connectivity index (χ0v) is 10.2. The fraction of sp³-hybridized carbons (Fsp3) is 0.571. The molecule has 0 saturated carbocycles. The van der Waals surface area contributed by atoms with Gasteiger partial charge in [0.25, 0.3) is 0 Å². The van der Waals surface area contributed by atoms with Crippen LogP contribution in [0.4, 0.5) is 0 Å². The van der Waals surface area contributed by atoms with Gasteiger partial charge in [0.15, 0.2) is 0 Å². The Hall–Kier alpha value is -1.02. The monoisotopic (exact) mass is 219 g/mol. The van der Waals surface area contributed by atoms with Crippen LogP contribution in [0.5, 0.6) is 5.75 Å². The normalized spacial score (nSPS) is 19.6. The van der Waals surface area contributed by atoms with E-state index in [9.17, 15) is 0 Å². The van der Waals surface area contributed by atoms with Crippen LogP contribution in [-0.2, 0) is 6.42 Å². The van der Waals surface area contributed by atoms with E-state index >= 15 is 0 Å². The third kappa shape index (κ3) is 2.56. The van der Waals surface area contributed by atoms with E-state index in [0.29, 0.717) is 5.92 Å². The van der Waals surface area contributed by atoms with Crippen molar-refractivity contribution in [1.82, 2.24) is 0 Å². The summed E-state index contributed by atoms with van der Waals surface area (Å²) in [6.45, 7) is 5.09. The molecule has 1 aliphatic carbocycles. The minimum atomic E-state index is 0.200. The van der Waals surface area contributed by atoms with Gasteiger partial charge in [0.2, 0.25) is 0 Å². The summed E-state index contributed by atoms with van der Waals surface area (Å²) in [6, 6.07) is 6.57. The van der Waals surface area contributed by atoms with Gasteiger partial charge in [0.1, 0.15) is 5.75 Å². The highest BCUT2D eigenvalue weighted by Crippen LogP contribution is 2.30. The lowest BCUT2D eigenvalue weighted by atomic mass is 9.88. The smallest absolute Gasteiger partial charge is 0.119 e. The Morgan fingerprint density at radius 2 is 2.25 bits per heavy atom. The molecule has 1 atom stereocenters. The molecule has 2 heteroatoms. The van der Waals surface area contributed by atoms with Crippen LogP contribution in [-0.4, -0.2) is 6.61 Å². The lowest BCUT2D eigenvalue weighted by Crippen LogP contribution is -2.17. The number of aryl methyl sites for hydroxylation is 1. The van der Waals surface area contributed by atoms with Crippen molar-refractivity contribution in [1.29, 1.82) is 0 Å². The Labute approximate surface area is 97.8 Å².